The maximum absolute atomic E-state index is 13.8. The van der Waals surface area contributed by atoms with Gasteiger partial charge in [0.15, 0.2) is 5.82 Å². The zero-order valence-corrected chi connectivity index (χ0v) is 20.0. The van der Waals surface area contributed by atoms with Crippen molar-refractivity contribution in [1.29, 1.82) is 0 Å². The zero-order valence-electron chi connectivity index (χ0n) is 19.3. The van der Waals surface area contributed by atoms with Gasteiger partial charge in [0.1, 0.15) is 29.9 Å². The average molecular weight is 525 g/mol. The number of halogens is 3. The van der Waals surface area contributed by atoms with Crippen LogP contribution >= 0.6 is 11.6 Å². The summed E-state index contributed by atoms with van der Waals surface area (Å²) >= 11 is 6.14. The number of aliphatic hydroxyl groups excluding tert-OH is 2. The Hall–Kier alpha value is -3.02. The van der Waals surface area contributed by atoms with E-state index >= 15 is 0 Å². The number of carbonyl (C=O) groups is 2. The summed E-state index contributed by atoms with van der Waals surface area (Å²) < 4.78 is 34.8. The molecule has 2 amide bonds. The molecule has 5 atom stereocenters. The highest BCUT2D eigenvalue weighted by atomic mass is 35.5. The molecule has 1 aliphatic carbocycles. The summed E-state index contributed by atoms with van der Waals surface area (Å²) in [6, 6.07) is 7.22. The number of hydrogen-bond donors (Lipinski definition) is 3. The molecule has 0 radical (unpaired) electrons. The molecule has 2 aromatic rings. The Morgan fingerprint density at radius 2 is 1.97 bits per heavy atom. The summed E-state index contributed by atoms with van der Waals surface area (Å²) in [5.41, 5.74) is 0. The molecule has 1 fully saturated rings. The van der Waals surface area contributed by atoms with Gasteiger partial charge in [0.05, 0.1) is 30.8 Å². The lowest BCUT2D eigenvalue weighted by Crippen LogP contribution is -2.46. The molecule has 1 aliphatic heterocycles. The number of benzene rings is 1. The second-order valence-corrected chi connectivity index (χ2v) is 9.39. The van der Waals surface area contributed by atoms with Gasteiger partial charge in [-0.2, -0.15) is 5.10 Å². The molecular formula is C24H27ClF2N4O5. The summed E-state index contributed by atoms with van der Waals surface area (Å²) in [4.78, 5) is 27.4. The molecule has 0 bridgehead atoms. The lowest BCUT2D eigenvalue weighted by molar-refractivity contribution is -0.134. The number of aliphatic hydroxyl groups is 2. The second kappa shape index (κ2) is 11.4. The number of nitrogens with one attached hydrogen (secondary N) is 1. The molecule has 1 saturated carbocycles. The van der Waals surface area contributed by atoms with Crippen LogP contribution in [0.15, 0.2) is 48.4 Å². The second-order valence-electron chi connectivity index (χ2n) is 8.98. The predicted octanol–water partition coefficient (Wildman–Crippen LogP) is 2.48. The van der Waals surface area contributed by atoms with E-state index in [9.17, 15) is 23.5 Å². The Kier molecular flexibility index (Phi) is 8.22. The van der Waals surface area contributed by atoms with E-state index in [1.165, 1.54) is 27.9 Å². The van der Waals surface area contributed by atoms with Crippen LogP contribution in [0.1, 0.15) is 19.3 Å². The van der Waals surface area contributed by atoms with Gasteiger partial charge in [-0.15, -0.1) is 0 Å². The van der Waals surface area contributed by atoms with E-state index in [1.54, 1.807) is 24.3 Å². The van der Waals surface area contributed by atoms with Crippen LogP contribution in [-0.2, 0) is 16.1 Å². The predicted molar refractivity (Wildman–Crippen MR) is 127 cm³/mol. The summed E-state index contributed by atoms with van der Waals surface area (Å²) in [5, 5.41) is 25.7. The fourth-order valence-electron chi connectivity index (χ4n) is 4.43. The van der Waals surface area contributed by atoms with Crippen molar-refractivity contribution in [2.75, 3.05) is 18.5 Å². The normalized spacial score (nSPS) is 23.5. The molecule has 1 aromatic heterocycles. The first-order valence-corrected chi connectivity index (χ1v) is 12.0. The van der Waals surface area contributed by atoms with Crippen molar-refractivity contribution >= 4 is 29.2 Å². The highest BCUT2D eigenvalue weighted by Gasteiger charge is 2.41. The van der Waals surface area contributed by atoms with Crippen molar-refractivity contribution in [3.63, 3.8) is 0 Å². The highest BCUT2D eigenvalue weighted by molar-refractivity contribution is 6.32. The van der Waals surface area contributed by atoms with Gasteiger partial charge in [-0.1, -0.05) is 23.7 Å². The summed E-state index contributed by atoms with van der Waals surface area (Å²) in [6.07, 6.45) is -1.43. The lowest BCUT2D eigenvalue weighted by atomic mass is 9.96. The van der Waals surface area contributed by atoms with Gasteiger partial charge in [0, 0.05) is 18.3 Å². The largest absolute Gasteiger partial charge is 0.458 e. The fourth-order valence-corrected chi connectivity index (χ4v) is 4.61. The first-order valence-electron chi connectivity index (χ1n) is 11.6. The lowest BCUT2D eigenvalue weighted by Gasteiger charge is -2.29. The van der Waals surface area contributed by atoms with Crippen molar-refractivity contribution in [2.45, 2.75) is 50.3 Å². The van der Waals surface area contributed by atoms with Gasteiger partial charge in [0.25, 0.3) is 5.91 Å². The number of amides is 2. The van der Waals surface area contributed by atoms with Crippen molar-refractivity contribution in [2.24, 2.45) is 5.92 Å². The number of anilines is 1. The molecule has 2 heterocycles. The number of para-hydroxylation sites is 1. The number of carbonyl (C=O) groups excluding carboxylic acids is 2. The number of alkyl halides is 2. The van der Waals surface area contributed by atoms with Crippen molar-refractivity contribution in [1.82, 2.24) is 14.7 Å². The molecule has 9 nitrogen and oxygen atoms in total. The number of hydrogen-bond acceptors (Lipinski definition) is 6. The van der Waals surface area contributed by atoms with Gasteiger partial charge in [0.2, 0.25) is 5.91 Å². The zero-order chi connectivity index (χ0) is 25.8. The Bertz CT molecular complexity index is 1120. The molecule has 3 N–H and O–H groups in total. The monoisotopic (exact) mass is 524 g/mol. The maximum Gasteiger partial charge on any atom is 0.251 e. The van der Waals surface area contributed by atoms with Crippen LogP contribution in [0, 0.1) is 5.92 Å². The minimum atomic E-state index is -1.60. The van der Waals surface area contributed by atoms with Gasteiger partial charge in [-0.05, 0) is 37.3 Å². The molecule has 12 heteroatoms. The third kappa shape index (κ3) is 6.21. The number of aromatic nitrogens is 2. The van der Waals surface area contributed by atoms with E-state index in [2.05, 4.69) is 10.4 Å². The van der Waals surface area contributed by atoms with Crippen LogP contribution in [0.4, 0.5) is 14.6 Å². The maximum atomic E-state index is 13.8. The van der Waals surface area contributed by atoms with Gasteiger partial charge >= 0.3 is 0 Å². The first kappa shape index (κ1) is 26.1. The van der Waals surface area contributed by atoms with E-state index in [1.807, 2.05) is 0 Å². The van der Waals surface area contributed by atoms with Gasteiger partial charge in [-0.25, -0.2) is 8.78 Å². The molecule has 1 aromatic carbocycles. The third-order valence-corrected chi connectivity index (χ3v) is 6.53. The van der Waals surface area contributed by atoms with Crippen molar-refractivity contribution in [3.8, 4) is 5.75 Å². The summed E-state index contributed by atoms with van der Waals surface area (Å²) in [5.74, 6) is -0.661. The molecule has 1 unspecified atom stereocenters. The van der Waals surface area contributed by atoms with Crippen molar-refractivity contribution < 1.29 is 33.3 Å². The molecule has 36 heavy (non-hydrogen) atoms. The highest BCUT2D eigenvalue weighted by Crippen LogP contribution is 2.35. The van der Waals surface area contributed by atoms with E-state index in [0.29, 0.717) is 10.8 Å². The number of rotatable bonds is 10. The minimum absolute atomic E-state index is 0.0188. The van der Waals surface area contributed by atoms with Crippen LogP contribution in [0.2, 0.25) is 5.02 Å². The fraction of sp³-hybridized carbons (Fsp3) is 0.458. The van der Waals surface area contributed by atoms with Crippen LogP contribution < -0.4 is 10.1 Å². The summed E-state index contributed by atoms with van der Waals surface area (Å²) in [7, 11) is 0. The Morgan fingerprint density at radius 3 is 2.67 bits per heavy atom. The topological polar surface area (TPSA) is 117 Å². The minimum Gasteiger partial charge on any atom is -0.458 e. The molecular weight excluding hydrogens is 498 g/mol. The summed E-state index contributed by atoms with van der Waals surface area (Å²) in [6.45, 7) is -0.451. The van der Waals surface area contributed by atoms with Gasteiger partial charge in [-0.3, -0.25) is 14.3 Å². The average Bonchev–Trinajstić information content (AvgIpc) is 3.52. The molecule has 194 valence electrons. The van der Waals surface area contributed by atoms with Gasteiger partial charge < -0.3 is 25.2 Å². The van der Waals surface area contributed by atoms with Crippen LogP contribution in [0.5, 0.6) is 5.75 Å². The quantitative estimate of drug-likeness (QED) is 0.440. The Morgan fingerprint density at radius 1 is 1.25 bits per heavy atom. The van der Waals surface area contributed by atoms with Crippen LogP contribution in [0.3, 0.4) is 0 Å². The van der Waals surface area contributed by atoms with Crippen LogP contribution in [0.25, 0.3) is 0 Å². The smallest absolute Gasteiger partial charge is 0.251 e. The number of ether oxygens (including phenoxy) is 1. The van der Waals surface area contributed by atoms with E-state index < -0.39 is 48.8 Å². The SMILES string of the molecule is O=C(Nc1ccn(C[C@@H](O)CO)n1)C(C[C@@H]1C[C@@H](F)[C@@H](F)C1)N1CC(Oc2ccccc2Cl)=CC1=O. The first-order chi connectivity index (χ1) is 17.2. The molecule has 0 spiro atoms. The van der Waals surface area contributed by atoms with E-state index in [4.69, 9.17) is 21.4 Å². The Labute approximate surface area is 211 Å². The third-order valence-electron chi connectivity index (χ3n) is 6.22. The molecule has 0 saturated heterocycles. The molecule has 4 rings (SSSR count). The van der Waals surface area contributed by atoms with Crippen molar-refractivity contribution in [3.05, 3.63) is 53.4 Å². The van der Waals surface area contributed by atoms with E-state index in [-0.39, 0.29) is 43.9 Å². The standard InChI is InChI=1S/C24H27ClF2N4O5/c25-17-3-1-2-4-21(17)36-16-10-23(34)31(12-16)20(9-14-7-18(26)19(27)8-14)24(35)28-22-5-6-30(29-22)11-15(33)13-32/h1-6,10,14-15,18-20,32-33H,7-9,11-13H2,(H,28,29,35)/t14-,15-,18-,19+,20?/m1/s1. The molecule has 2 aliphatic rings. The van der Waals surface area contributed by atoms with E-state index in [0.717, 1.165) is 0 Å². The Balaban J connectivity index is 1.48. The number of nitrogens with zero attached hydrogens (tertiary/aromatic N) is 3. The van der Waals surface area contributed by atoms with Crippen LogP contribution in [-0.4, -0.2) is 74.3 Å².